The molecule has 0 bridgehead atoms. The predicted octanol–water partition coefficient (Wildman–Crippen LogP) is 4.87. The van der Waals surface area contributed by atoms with Gasteiger partial charge in [0.05, 0.1) is 31.7 Å². The van der Waals surface area contributed by atoms with Gasteiger partial charge in [0.25, 0.3) is 10.0 Å². The Labute approximate surface area is 191 Å². The van der Waals surface area contributed by atoms with Crippen molar-refractivity contribution in [3.05, 3.63) is 83.6 Å². The van der Waals surface area contributed by atoms with Crippen molar-refractivity contribution < 1.29 is 26.1 Å². The number of rotatable bonds is 5. The lowest BCUT2D eigenvalue weighted by atomic mass is 10.2. The first kappa shape index (κ1) is 22.6. The van der Waals surface area contributed by atoms with Crippen LogP contribution < -0.4 is 4.74 Å². The summed E-state index contributed by atoms with van der Waals surface area (Å²) in [5.41, 5.74) is 0.206. The first-order valence-corrected chi connectivity index (χ1v) is 12.5. The van der Waals surface area contributed by atoms with Crippen LogP contribution in [0.4, 0.5) is 8.78 Å². The van der Waals surface area contributed by atoms with Crippen LogP contribution in [0.15, 0.2) is 70.6 Å². The second kappa shape index (κ2) is 8.42. The van der Waals surface area contributed by atoms with Crippen LogP contribution in [0.5, 0.6) is 11.5 Å². The van der Waals surface area contributed by atoms with Crippen molar-refractivity contribution in [2.24, 2.45) is 0 Å². The van der Waals surface area contributed by atoms with Crippen molar-refractivity contribution in [3.8, 4) is 17.6 Å². The fourth-order valence-electron chi connectivity index (χ4n) is 3.49. The van der Waals surface area contributed by atoms with Gasteiger partial charge in [0.1, 0.15) is 17.6 Å². The Morgan fingerprint density at radius 3 is 2.45 bits per heavy atom. The summed E-state index contributed by atoms with van der Waals surface area (Å²) in [6.07, 6.45) is 2.57. The average molecular weight is 487 g/mol. The first-order chi connectivity index (χ1) is 15.6. The fraction of sp³-hybridized carbons (Fsp3) is 0.0870. The number of benzene rings is 3. The molecule has 1 unspecified atom stereocenters. The van der Waals surface area contributed by atoms with Crippen LogP contribution in [0.25, 0.3) is 10.9 Å². The number of nitrogens with zero attached hydrogens (tertiary/aromatic N) is 2. The molecule has 0 spiro atoms. The van der Waals surface area contributed by atoms with Gasteiger partial charge in [-0.3, -0.25) is 4.21 Å². The van der Waals surface area contributed by atoms with Crippen LogP contribution in [0.1, 0.15) is 11.1 Å². The molecule has 0 aliphatic carbocycles. The minimum Gasteiger partial charge on any atom is -0.453 e. The van der Waals surface area contributed by atoms with Crippen LogP contribution in [-0.2, 0) is 20.8 Å². The zero-order valence-corrected chi connectivity index (χ0v) is 19.0. The highest BCUT2D eigenvalue weighted by Gasteiger charge is 2.26. The maximum atomic E-state index is 15.2. The van der Waals surface area contributed by atoms with Crippen molar-refractivity contribution in [2.75, 3.05) is 6.26 Å². The van der Waals surface area contributed by atoms with E-state index in [-0.39, 0.29) is 32.0 Å². The normalized spacial score (nSPS) is 12.5. The van der Waals surface area contributed by atoms with E-state index in [4.69, 9.17) is 10.00 Å². The number of aryl methyl sites for hydroxylation is 1. The average Bonchev–Trinajstić information content (AvgIpc) is 3.19. The van der Waals surface area contributed by atoms with Crippen LogP contribution in [0.2, 0.25) is 0 Å². The number of fused-ring (bicyclic) bond motifs is 1. The van der Waals surface area contributed by atoms with E-state index in [1.807, 2.05) is 0 Å². The number of hydrogen-bond acceptors (Lipinski definition) is 5. The van der Waals surface area contributed by atoms with E-state index >= 15 is 4.39 Å². The molecule has 1 atom stereocenters. The Morgan fingerprint density at radius 2 is 1.79 bits per heavy atom. The van der Waals surface area contributed by atoms with Gasteiger partial charge in [0.15, 0.2) is 11.6 Å². The minimum atomic E-state index is -4.07. The Balaban J connectivity index is 1.92. The van der Waals surface area contributed by atoms with Gasteiger partial charge >= 0.3 is 0 Å². The lowest BCUT2D eigenvalue weighted by Gasteiger charge is -2.14. The Bertz CT molecular complexity index is 1590. The number of hydrogen-bond donors (Lipinski definition) is 0. The first-order valence-electron chi connectivity index (χ1n) is 9.51. The molecule has 3 aromatic carbocycles. The molecule has 1 heterocycles. The number of aromatic nitrogens is 1. The maximum absolute atomic E-state index is 15.2. The Morgan fingerprint density at radius 1 is 1.06 bits per heavy atom. The van der Waals surface area contributed by atoms with Crippen molar-refractivity contribution in [3.63, 3.8) is 0 Å². The van der Waals surface area contributed by atoms with Gasteiger partial charge in [0, 0.05) is 30.0 Å². The molecule has 0 radical (unpaired) electrons. The van der Waals surface area contributed by atoms with Crippen molar-refractivity contribution in [1.82, 2.24) is 3.97 Å². The highest BCUT2D eigenvalue weighted by atomic mass is 32.2. The third-order valence-corrected chi connectivity index (χ3v) is 7.85. The van der Waals surface area contributed by atoms with Gasteiger partial charge in [-0.15, -0.1) is 0 Å². The van der Waals surface area contributed by atoms with Gasteiger partial charge in [-0.25, -0.2) is 21.2 Å². The van der Waals surface area contributed by atoms with Crippen LogP contribution in [-0.4, -0.2) is 22.9 Å². The number of ether oxygens (including phenoxy) is 1. The number of nitriles is 1. The Hall–Kier alpha value is -3.55. The molecule has 0 amide bonds. The van der Waals surface area contributed by atoms with E-state index in [0.717, 1.165) is 22.2 Å². The number of halogens is 2. The Kier molecular flexibility index (Phi) is 5.78. The molecule has 10 heteroatoms. The quantitative estimate of drug-likeness (QED) is 0.402. The SMILES string of the molecule is Cc1ccccc1S(=O)(=O)n1ccc2c(S(C)=O)c(Oc3ccc(F)c(C#N)c3)c(F)cc21. The van der Waals surface area contributed by atoms with E-state index in [2.05, 4.69) is 0 Å². The lowest BCUT2D eigenvalue weighted by molar-refractivity contribution is 0.430. The minimum absolute atomic E-state index is 0.00915. The molecule has 0 saturated carbocycles. The molecule has 0 fully saturated rings. The molecule has 0 aliphatic rings. The lowest BCUT2D eigenvalue weighted by Crippen LogP contribution is -2.13. The summed E-state index contributed by atoms with van der Waals surface area (Å²) in [6.45, 7) is 1.65. The topological polar surface area (TPSA) is 89.2 Å². The smallest absolute Gasteiger partial charge is 0.268 e. The van der Waals surface area contributed by atoms with Crippen LogP contribution in [0, 0.1) is 29.9 Å². The van der Waals surface area contributed by atoms with Gasteiger partial charge in [-0.2, -0.15) is 5.26 Å². The molecule has 33 heavy (non-hydrogen) atoms. The van der Waals surface area contributed by atoms with Crippen LogP contribution >= 0.6 is 0 Å². The molecular weight excluding hydrogens is 470 g/mol. The van der Waals surface area contributed by atoms with Gasteiger partial charge in [0.2, 0.25) is 0 Å². The summed E-state index contributed by atoms with van der Waals surface area (Å²) in [5, 5.41) is 9.23. The van der Waals surface area contributed by atoms with E-state index in [1.165, 1.54) is 30.7 Å². The monoisotopic (exact) mass is 486 g/mol. The second-order valence-electron chi connectivity index (χ2n) is 7.14. The van der Waals surface area contributed by atoms with Gasteiger partial charge in [-0.1, -0.05) is 18.2 Å². The van der Waals surface area contributed by atoms with E-state index < -0.39 is 38.2 Å². The summed E-state index contributed by atoms with van der Waals surface area (Å²) in [6, 6.07) is 13.7. The predicted molar refractivity (Wildman–Crippen MR) is 119 cm³/mol. The van der Waals surface area contributed by atoms with E-state index in [0.29, 0.717) is 5.56 Å². The summed E-state index contributed by atoms with van der Waals surface area (Å²) in [5.74, 6) is -2.16. The summed E-state index contributed by atoms with van der Waals surface area (Å²) in [7, 11) is -5.85. The molecule has 0 N–H and O–H groups in total. The molecule has 0 saturated heterocycles. The van der Waals surface area contributed by atoms with E-state index in [9.17, 15) is 17.0 Å². The van der Waals surface area contributed by atoms with Crippen molar-refractivity contribution in [1.29, 1.82) is 5.26 Å². The molecule has 168 valence electrons. The van der Waals surface area contributed by atoms with Gasteiger partial charge in [-0.05, 0) is 36.8 Å². The van der Waals surface area contributed by atoms with Gasteiger partial charge < -0.3 is 4.74 Å². The maximum Gasteiger partial charge on any atom is 0.268 e. The van der Waals surface area contributed by atoms with Crippen molar-refractivity contribution >= 4 is 31.7 Å². The molecule has 0 aliphatic heterocycles. The van der Waals surface area contributed by atoms with Crippen molar-refractivity contribution in [2.45, 2.75) is 16.7 Å². The molecule has 4 rings (SSSR count). The summed E-state index contributed by atoms with van der Waals surface area (Å²) < 4.78 is 74.4. The zero-order chi connectivity index (χ0) is 23.9. The largest absolute Gasteiger partial charge is 0.453 e. The second-order valence-corrected chi connectivity index (χ2v) is 10.2. The summed E-state index contributed by atoms with van der Waals surface area (Å²) in [4.78, 5) is -0.00989. The van der Waals surface area contributed by atoms with Crippen LogP contribution in [0.3, 0.4) is 0 Å². The molecular formula is C23H16F2N2O4S2. The molecule has 1 aromatic heterocycles. The fourth-order valence-corrected chi connectivity index (χ4v) is 5.94. The third kappa shape index (κ3) is 3.90. The summed E-state index contributed by atoms with van der Waals surface area (Å²) >= 11 is 0. The third-order valence-electron chi connectivity index (χ3n) is 5.02. The standard InChI is InChI=1S/C23H16F2N2O4S2/c1-14-5-3-4-6-21(14)33(29,30)27-10-9-17-20(27)12-19(25)22(23(17)32(2)28)31-16-7-8-18(24)15(11-16)13-26/h3-12H,1-2H3. The highest BCUT2D eigenvalue weighted by Crippen LogP contribution is 2.38. The molecule has 4 aromatic rings. The van der Waals surface area contributed by atoms with E-state index in [1.54, 1.807) is 31.2 Å². The highest BCUT2D eigenvalue weighted by molar-refractivity contribution is 7.90. The molecule has 6 nitrogen and oxygen atoms in total. The zero-order valence-electron chi connectivity index (χ0n) is 17.4.